The van der Waals surface area contributed by atoms with Crippen LogP contribution in [0, 0.1) is 11.7 Å². The number of aliphatic hydroxyl groups is 1. The number of nitrogens with zero attached hydrogens (tertiary/aromatic N) is 1. The van der Waals surface area contributed by atoms with Crippen molar-refractivity contribution in [1.29, 1.82) is 0 Å². The van der Waals surface area contributed by atoms with Gasteiger partial charge in [0.2, 0.25) is 0 Å². The van der Waals surface area contributed by atoms with E-state index in [1.807, 2.05) is 25.1 Å². The fourth-order valence-corrected chi connectivity index (χ4v) is 2.75. The molecule has 1 aliphatic heterocycles. The predicted molar refractivity (Wildman–Crippen MR) is 93.3 cm³/mol. The Morgan fingerprint density at radius 2 is 2.00 bits per heavy atom. The Bertz CT molecular complexity index is 739. The number of β-amino-alcohol motifs (C(OH)–C–C–N with tert-alkyl or cyclic N) is 1. The minimum Gasteiger partial charge on any atom is -0.455 e. The Balaban J connectivity index is 1.76. The van der Waals surface area contributed by atoms with E-state index in [0.717, 1.165) is 0 Å². The number of hydrogen-bond acceptors (Lipinski definition) is 3. The number of benzene rings is 2. The predicted octanol–water partition coefficient (Wildman–Crippen LogP) is 3.85. The van der Waals surface area contributed by atoms with E-state index >= 15 is 0 Å². The normalized spacial score (nSPS) is 20.2. The highest BCUT2D eigenvalue weighted by Gasteiger charge is 2.28. The van der Waals surface area contributed by atoms with Crippen LogP contribution in [0.4, 0.5) is 14.9 Å². The van der Waals surface area contributed by atoms with Gasteiger partial charge in [0.15, 0.2) is 11.6 Å². The molecule has 0 radical (unpaired) electrons. The zero-order valence-corrected chi connectivity index (χ0v) is 14.0. The molecule has 6 heteroatoms. The highest BCUT2D eigenvalue weighted by atomic mass is 19.1. The van der Waals surface area contributed by atoms with Gasteiger partial charge < -0.3 is 20.1 Å². The molecule has 0 aliphatic carbocycles. The maximum atomic E-state index is 14.3. The SMILES string of the molecule is CC1CCN(C(=O)Nc2c(F)cccc2Oc2ccccc2)CC1O. The summed E-state index contributed by atoms with van der Waals surface area (Å²) in [6.45, 7) is 2.70. The third kappa shape index (κ3) is 4.09. The molecule has 2 atom stereocenters. The Kier molecular flexibility index (Phi) is 5.19. The number of aliphatic hydroxyl groups excluding tert-OH is 1. The molecule has 1 saturated heterocycles. The van der Waals surface area contributed by atoms with Crippen LogP contribution in [0.25, 0.3) is 0 Å². The van der Waals surface area contributed by atoms with E-state index in [9.17, 15) is 14.3 Å². The van der Waals surface area contributed by atoms with Gasteiger partial charge in [0.25, 0.3) is 0 Å². The van der Waals surface area contributed by atoms with Crippen LogP contribution in [-0.4, -0.2) is 35.2 Å². The molecule has 1 heterocycles. The molecular formula is C19H21FN2O3. The highest BCUT2D eigenvalue weighted by Crippen LogP contribution is 2.32. The van der Waals surface area contributed by atoms with Crippen LogP contribution in [-0.2, 0) is 0 Å². The number of rotatable bonds is 3. The monoisotopic (exact) mass is 344 g/mol. The number of para-hydroxylation sites is 2. The lowest BCUT2D eigenvalue weighted by molar-refractivity contribution is 0.0463. The number of likely N-dealkylation sites (tertiary alicyclic amines) is 1. The number of carbonyl (C=O) groups excluding carboxylic acids is 1. The fourth-order valence-electron chi connectivity index (χ4n) is 2.75. The Labute approximate surface area is 146 Å². The quantitative estimate of drug-likeness (QED) is 0.889. The van der Waals surface area contributed by atoms with Crippen LogP contribution in [0.3, 0.4) is 0 Å². The van der Waals surface area contributed by atoms with Gasteiger partial charge in [-0.3, -0.25) is 0 Å². The zero-order chi connectivity index (χ0) is 17.8. The molecule has 1 aliphatic rings. The first-order valence-electron chi connectivity index (χ1n) is 8.30. The first kappa shape index (κ1) is 17.2. The van der Waals surface area contributed by atoms with Gasteiger partial charge in [-0.25, -0.2) is 9.18 Å². The zero-order valence-electron chi connectivity index (χ0n) is 14.0. The number of anilines is 1. The topological polar surface area (TPSA) is 61.8 Å². The van der Waals surface area contributed by atoms with E-state index in [1.165, 1.54) is 17.0 Å². The van der Waals surface area contributed by atoms with Crippen molar-refractivity contribution in [3.05, 3.63) is 54.3 Å². The number of carbonyl (C=O) groups is 1. The molecule has 2 N–H and O–H groups in total. The molecule has 0 saturated carbocycles. The molecule has 2 aromatic rings. The van der Waals surface area contributed by atoms with Crippen LogP contribution in [0.2, 0.25) is 0 Å². The lowest BCUT2D eigenvalue weighted by Gasteiger charge is -2.34. The summed E-state index contributed by atoms with van der Waals surface area (Å²) in [5, 5.41) is 12.5. The molecule has 132 valence electrons. The number of ether oxygens (including phenoxy) is 1. The second kappa shape index (κ2) is 7.53. The van der Waals surface area contributed by atoms with Crippen molar-refractivity contribution >= 4 is 11.7 Å². The number of hydrogen-bond donors (Lipinski definition) is 2. The summed E-state index contributed by atoms with van der Waals surface area (Å²) >= 11 is 0. The largest absolute Gasteiger partial charge is 0.455 e. The molecular weight excluding hydrogens is 323 g/mol. The molecule has 2 amide bonds. The smallest absolute Gasteiger partial charge is 0.322 e. The molecule has 1 fully saturated rings. The Morgan fingerprint density at radius 3 is 2.72 bits per heavy atom. The summed E-state index contributed by atoms with van der Waals surface area (Å²) in [4.78, 5) is 13.9. The molecule has 3 rings (SSSR count). The van der Waals surface area contributed by atoms with Crippen molar-refractivity contribution < 1.29 is 19.0 Å². The molecule has 2 unspecified atom stereocenters. The van der Waals surface area contributed by atoms with Gasteiger partial charge in [-0.05, 0) is 36.6 Å². The minimum absolute atomic E-state index is 0.00975. The maximum Gasteiger partial charge on any atom is 0.322 e. The van der Waals surface area contributed by atoms with E-state index in [2.05, 4.69) is 5.32 Å². The summed E-state index contributed by atoms with van der Waals surface area (Å²) < 4.78 is 20.0. The summed E-state index contributed by atoms with van der Waals surface area (Å²) in [6.07, 6.45) is 0.138. The van der Waals surface area contributed by atoms with E-state index in [4.69, 9.17) is 4.74 Å². The van der Waals surface area contributed by atoms with Crippen LogP contribution in [0.15, 0.2) is 48.5 Å². The van der Waals surface area contributed by atoms with Crippen LogP contribution >= 0.6 is 0 Å². The average Bonchev–Trinajstić information content (AvgIpc) is 2.61. The standard InChI is InChI=1S/C19H21FN2O3/c1-13-10-11-22(12-16(13)23)19(24)21-18-15(20)8-5-9-17(18)25-14-6-3-2-4-7-14/h2-9,13,16,23H,10-12H2,1H3,(H,21,24). The second-order valence-corrected chi connectivity index (χ2v) is 6.24. The first-order chi connectivity index (χ1) is 12.0. The lowest BCUT2D eigenvalue weighted by atomic mass is 9.96. The molecule has 25 heavy (non-hydrogen) atoms. The first-order valence-corrected chi connectivity index (χ1v) is 8.30. The van der Waals surface area contributed by atoms with Crippen molar-refractivity contribution in [2.24, 2.45) is 5.92 Å². The second-order valence-electron chi connectivity index (χ2n) is 6.24. The van der Waals surface area contributed by atoms with Crippen molar-refractivity contribution in [3.63, 3.8) is 0 Å². The summed E-state index contributed by atoms with van der Waals surface area (Å²) in [5.41, 5.74) is -0.00975. The van der Waals surface area contributed by atoms with E-state index in [1.54, 1.807) is 18.2 Å². The van der Waals surface area contributed by atoms with Gasteiger partial charge >= 0.3 is 6.03 Å². The van der Waals surface area contributed by atoms with Gasteiger partial charge in [0.05, 0.1) is 6.10 Å². The lowest BCUT2D eigenvalue weighted by Crippen LogP contribution is -2.47. The van der Waals surface area contributed by atoms with Crippen molar-refractivity contribution in [3.8, 4) is 11.5 Å². The molecule has 2 aromatic carbocycles. The van der Waals surface area contributed by atoms with Crippen LogP contribution in [0.5, 0.6) is 11.5 Å². The van der Waals surface area contributed by atoms with Gasteiger partial charge in [0, 0.05) is 13.1 Å². The van der Waals surface area contributed by atoms with Gasteiger partial charge in [-0.15, -0.1) is 0 Å². The number of piperidine rings is 1. The number of amides is 2. The van der Waals surface area contributed by atoms with E-state index in [-0.39, 0.29) is 23.9 Å². The fraction of sp³-hybridized carbons (Fsp3) is 0.316. The van der Waals surface area contributed by atoms with E-state index < -0.39 is 18.0 Å². The average molecular weight is 344 g/mol. The number of halogens is 1. The van der Waals surface area contributed by atoms with Crippen LogP contribution < -0.4 is 10.1 Å². The van der Waals surface area contributed by atoms with Gasteiger partial charge in [0.1, 0.15) is 11.4 Å². The number of urea groups is 1. The summed E-state index contributed by atoms with van der Waals surface area (Å²) in [6, 6.07) is 12.9. The highest BCUT2D eigenvalue weighted by molar-refractivity contribution is 5.91. The maximum absolute atomic E-state index is 14.3. The minimum atomic E-state index is -0.576. The summed E-state index contributed by atoms with van der Waals surface area (Å²) in [7, 11) is 0. The van der Waals surface area contributed by atoms with Crippen LogP contribution in [0.1, 0.15) is 13.3 Å². The Morgan fingerprint density at radius 1 is 1.24 bits per heavy atom. The molecule has 5 nitrogen and oxygen atoms in total. The third-order valence-corrected chi connectivity index (χ3v) is 4.38. The Hall–Kier alpha value is -2.60. The van der Waals surface area contributed by atoms with Crippen molar-refractivity contribution in [2.75, 3.05) is 18.4 Å². The van der Waals surface area contributed by atoms with Gasteiger partial charge in [-0.2, -0.15) is 0 Å². The molecule has 0 aromatic heterocycles. The van der Waals surface area contributed by atoms with E-state index in [0.29, 0.717) is 18.7 Å². The molecule has 0 bridgehead atoms. The van der Waals surface area contributed by atoms with Gasteiger partial charge in [-0.1, -0.05) is 31.2 Å². The summed E-state index contributed by atoms with van der Waals surface area (Å²) in [5.74, 6) is 0.346. The molecule has 0 spiro atoms. The van der Waals surface area contributed by atoms with Crippen molar-refractivity contribution in [2.45, 2.75) is 19.4 Å². The number of nitrogens with one attached hydrogen (secondary N) is 1. The third-order valence-electron chi connectivity index (χ3n) is 4.38. The van der Waals surface area contributed by atoms with Crippen molar-refractivity contribution in [1.82, 2.24) is 4.90 Å².